The topological polar surface area (TPSA) is 89.3 Å². The highest BCUT2D eigenvalue weighted by atomic mass is 16.5. The molecule has 1 N–H and O–H groups in total. The third-order valence-corrected chi connectivity index (χ3v) is 5.32. The van der Waals surface area contributed by atoms with Crippen molar-refractivity contribution in [3.8, 4) is 0 Å². The number of ether oxygens (including phenoxy) is 1. The number of benzene rings is 1. The predicted molar refractivity (Wildman–Crippen MR) is 101 cm³/mol. The van der Waals surface area contributed by atoms with E-state index in [-0.39, 0.29) is 24.5 Å². The van der Waals surface area contributed by atoms with Crippen LogP contribution < -0.4 is 5.32 Å². The van der Waals surface area contributed by atoms with Crippen LogP contribution in [0.15, 0.2) is 30.3 Å². The minimum Gasteiger partial charge on any atom is -0.356 e. The highest BCUT2D eigenvalue weighted by Crippen LogP contribution is 2.32. The Balaban J connectivity index is 1.55. The second-order valence-corrected chi connectivity index (χ2v) is 7.49. The van der Waals surface area contributed by atoms with E-state index in [0.29, 0.717) is 6.54 Å². The van der Waals surface area contributed by atoms with Crippen LogP contribution in [0.3, 0.4) is 0 Å². The Bertz CT molecular complexity index is 864. The fraction of sp³-hybridized carbons (Fsp3) is 0.500. The average Bonchev–Trinajstić information content (AvgIpc) is 3.30. The summed E-state index contributed by atoms with van der Waals surface area (Å²) in [6, 6.07) is 9.06. The van der Waals surface area contributed by atoms with Crippen LogP contribution in [0.4, 0.5) is 0 Å². The van der Waals surface area contributed by atoms with Gasteiger partial charge in [-0.3, -0.25) is 9.59 Å². The van der Waals surface area contributed by atoms with Gasteiger partial charge in [-0.25, -0.2) is 0 Å². The number of hydrogen-bond acceptors (Lipinski definition) is 5. The number of nitrogens with one attached hydrogen (secondary N) is 1. The van der Waals surface area contributed by atoms with Crippen LogP contribution in [0.2, 0.25) is 0 Å². The van der Waals surface area contributed by atoms with Crippen LogP contribution in [0.5, 0.6) is 0 Å². The molecule has 28 heavy (non-hydrogen) atoms. The number of aromatic nitrogens is 3. The maximum absolute atomic E-state index is 13.0. The van der Waals surface area contributed by atoms with Gasteiger partial charge in [0.1, 0.15) is 12.4 Å². The molecule has 8 nitrogen and oxygen atoms in total. The summed E-state index contributed by atoms with van der Waals surface area (Å²) < 4.78 is 7.77. The molecule has 2 aliphatic heterocycles. The minimum absolute atomic E-state index is 0.0447. The number of morpholine rings is 1. The van der Waals surface area contributed by atoms with Crippen molar-refractivity contribution >= 4 is 11.8 Å². The van der Waals surface area contributed by atoms with Crippen molar-refractivity contribution < 1.29 is 14.3 Å². The summed E-state index contributed by atoms with van der Waals surface area (Å²) in [5.41, 5.74) is 0.882. The number of aryl methyl sites for hydroxylation is 1. The number of carbonyl (C=O) groups excluding carboxylic acids is 2. The quantitative estimate of drug-likeness (QED) is 0.839. The minimum atomic E-state index is -0.775. The zero-order valence-electron chi connectivity index (χ0n) is 16.2. The maximum atomic E-state index is 13.0. The molecule has 0 spiro atoms. The van der Waals surface area contributed by atoms with Gasteiger partial charge in [-0.1, -0.05) is 30.3 Å². The second-order valence-electron chi connectivity index (χ2n) is 7.49. The van der Waals surface area contributed by atoms with E-state index in [2.05, 4.69) is 20.1 Å². The van der Waals surface area contributed by atoms with Crippen LogP contribution in [-0.4, -0.2) is 50.2 Å². The number of carbonyl (C=O) groups is 2. The second kappa shape index (κ2) is 7.71. The van der Waals surface area contributed by atoms with Crippen LogP contribution >= 0.6 is 0 Å². The van der Waals surface area contributed by atoms with E-state index in [9.17, 15) is 9.59 Å². The van der Waals surface area contributed by atoms with Gasteiger partial charge < -0.3 is 19.5 Å². The van der Waals surface area contributed by atoms with E-state index in [0.717, 1.165) is 36.6 Å². The van der Waals surface area contributed by atoms with Gasteiger partial charge in [-0.05, 0) is 25.8 Å². The molecular formula is C20H25N5O3. The molecule has 0 saturated carbocycles. The lowest BCUT2D eigenvalue weighted by Gasteiger charge is -2.42. The number of fused-ring (bicyclic) bond motifs is 1. The summed E-state index contributed by atoms with van der Waals surface area (Å²) in [4.78, 5) is 27.3. The summed E-state index contributed by atoms with van der Waals surface area (Å²) in [5, 5.41) is 11.3. The largest absolute Gasteiger partial charge is 0.356 e. The number of hydrogen-bond donors (Lipinski definition) is 1. The molecule has 0 bridgehead atoms. The molecule has 0 radical (unpaired) electrons. The third kappa shape index (κ3) is 3.40. The molecular weight excluding hydrogens is 358 g/mol. The molecule has 4 rings (SSSR count). The van der Waals surface area contributed by atoms with E-state index in [4.69, 9.17) is 4.74 Å². The van der Waals surface area contributed by atoms with Gasteiger partial charge in [-0.15, -0.1) is 10.2 Å². The maximum Gasteiger partial charge on any atom is 0.252 e. The molecule has 8 heteroatoms. The highest BCUT2D eigenvalue weighted by Gasteiger charge is 2.42. The zero-order chi connectivity index (χ0) is 19.7. The number of rotatable bonds is 5. The van der Waals surface area contributed by atoms with E-state index in [1.165, 1.54) is 0 Å². The molecule has 2 aliphatic rings. The van der Waals surface area contributed by atoms with E-state index in [1.54, 1.807) is 4.90 Å². The Morgan fingerprint density at radius 3 is 2.82 bits per heavy atom. The first-order chi connectivity index (χ1) is 13.6. The summed E-state index contributed by atoms with van der Waals surface area (Å²) >= 11 is 0. The molecule has 2 aromatic rings. The fourth-order valence-electron chi connectivity index (χ4n) is 4.05. The Morgan fingerprint density at radius 1 is 1.29 bits per heavy atom. The van der Waals surface area contributed by atoms with Crippen LogP contribution in [0.1, 0.15) is 43.5 Å². The Labute approximate surface area is 163 Å². The monoisotopic (exact) mass is 383 g/mol. The van der Waals surface area contributed by atoms with Crippen molar-refractivity contribution in [2.75, 3.05) is 6.61 Å². The average molecular weight is 383 g/mol. The Kier molecular flexibility index (Phi) is 5.13. The van der Waals surface area contributed by atoms with Gasteiger partial charge in [0, 0.05) is 19.0 Å². The first kappa shape index (κ1) is 18.6. The first-order valence-corrected chi connectivity index (χ1v) is 9.72. The van der Waals surface area contributed by atoms with Gasteiger partial charge in [0.2, 0.25) is 5.91 Å². The Morgan fingerprint density at radius 2 is 2.07 bits per heavy atom. The number of nitrogens with zero attached hydrogens (tertiary/aromatic N) is 4. The van der Waals surface area contributed by atoms with Crippen LogP contribution in [0, 0.1) is 0 Å². The lowest BCUT2D eigenvalue weighted by Crippen LogP contribution is -2.56. The summed E-state index contributed by atoms with van der Waals surface area (Å²) in [6.07, 6.45) is 1.20. The van der Waals surface area contributed by atoms with E-state index >= 15 is 0 Å². The lowest BCUT2D eigenvalue weighted by atomic mass is 9.96. The van der Waals surface area contributed by atoms with Crippen molar-refractivity contribution in [1.29, 1.82) is 0 Å². The summed E-state index contributed by atoms with van der Waals surface area (Å²) in [5.74, 6) is 1.37. The molecule has 1 aromatic carbocycles. The van der Waals surface area contributed by atoms with Crippen molar-refractivity contribution in [2.24, 2.45) is 0 Å². The summed E-state index contributed by atoms with van der Waals surface area (Å²) in [6.45, 7) is 4.99. The van der Waals surface area contributed by atoms with Gasteiger partial charge in [-0.2, -0.15) is 0 Å². The SMILES string of the molecule is CC(C)N1C(=O)CO[C@H](C(=O)NCc2nnc3n2CCC3)[C@H]1c1ccccc1. The first-order valence-electron chi connectivity index (χ1n) is 9.72. The normalized spacial score (nSPS) is 21.8. The fourth-order valence-corrected chi connectivity index (χ4v) is 4.05. The van der Waals surface area contributed by atoms with Gasteiger partial charge in [0.25, 0.3) is 5.91 Å². The van der Waals surface area contributed by atoms with Crippen molar-refractivity contribution in [2.45, 2.75) is 58.0 Å². The summed E-state index contributed by atoms with van der Waals surface area (Å²) in [7, 11) is 0. The molecule has 2 amide bonds. The molecule has 1 saturated heterocycles. The van der Waals surface area contributed by atoms with Crippen molar-refractivity contribution in [1.82, 2.24) is 25.0 Å². The van der Waals surface area contributed by atoms with Crippen molar-refractivity contribution in [3.05, 3.63) is 47.5 Å². The van der Waals surface area contributed by atoms with E-state index in [1.807, 2.05) is 44.2 Å². The molecule has 148 valence electrons. The van der Waals surface area contributed by atoms with Gasteiger partial charge in [0.05, 0.1) is 12.6 Å². The number of amides is 2. The standard InChI is InChI=1S/C20H25N5O3/c1-13(2)25-17(26)12-28-19(18(25)14-7-4-3-5-8-14)20(27)21-11-16-23-22-15-9-6-10-24(15)16/h3-5,7-8,13,18-19H,6,9-12H2,1-2H3,(H,21,27)/t18-,19+/m1/s1. The van der Waals surface area contributed by atoms with Crippen molar-refractivity contribution in [3.63, 3.8) is 0 Å². The van der Waals surface area contributed by atoms with E-state index < -0.39 is 12.1 Å². The predicted octanol–water partition coefficient (Wildman–Crippen LogP) is 1.22. The van der Waals surface area contributed by atoms with Crippen LogP contribution in [0.25, 0.3) is 0 Å². The highest BCUT2D eigenvalue weighted by molar-refractivity contribution is 5.86. The smallest absolute Gasteiger partial charge is 0.252 e. The Hall–Kier alpha value is -2.74. The zero-order valence-corrected chi connectivity index (χ0v) is 16.2. The van der Waals surface area contributed by atoms with Gasteiger partial charge in [0.15, 0.2) is 11.9 Å². The molecule has 1 aromatic heterocycles. The molecule has 0 unspecified atom stereocenters. The van der Waals surface area contributed by atoms with Crippen LogP contribution in [-0.2, 0) is 33.8 Å². The van der Waals surface area contributed by atoms with Gasteiger partial charge >= 0.3 is 0 Å². The lowest BCUT2D eigenvalue weighted by molar-refractivity contribution is -0.167. The molecule has 3 heterocycles. The molecule has 1 fully saturated rings. The molecule has 0 aliphatic carbocycles. The third-order valence-electron chi connectivity index (χ3n) is 5.32. The molecule has 2 atom stereocenters.